The summed E-state index contributed by atoms with van der Waals surface area (Å²) in [7, 11) is 2.10. The van der Waals surface area contributed by atoms with Crippen molar-refractivity contribution in [1.82, 2.24) is 4.98 Å². The highest BCUT2D eigenvalue weighted by atomic mass is 16.5. The Labute approximate surface area is 177 Å². The predicted octanol–water partition coefficient (Wildman–Crippen LogP) is 4.81. The fraction of sp³-hybridized carbons (Fsp3) is 0.360. The molecule has 30 heavy (non-hydrogen) atoms. The summed E-state index contributed by atoms with van der Waals surface area (Å²) in [6.45, 7) is 8.01. The molecule has 5 heteroatoms. The second-order valence-electron chi connectivity index (χ2n) is 8.59. The molecule has 0 fully saturated rings. The molecule has 3 aromatic rings. The maximum atomic E-state index is 12.6. The first-order chi connectivity index (χ1) is 14.4. The van der Waals surface area contributed by atoms with Gasteiger partial charge in [0.15, 0.2) is 0 Å². The van der Waals surface area contributed by atoms with Gasteiger partial charge in [-0.15, -0.1) is 0 Å². The Kier molecular flexibility index (Phi) is 5.37. The van der Waals surface area contributed by atoms with E-state index in [9.17, 15) is 4.79 Å². The van der Waals surface area contributed by atoms with Crippen molar-refractivity contribution in [3.63, 3.8) is 0 Å². The van der Waals surface area contributed by atoms with Gasteiger partial charge in [-0.25, -0.2) is 0 Å². The fourth-order valence-corrected chi connectivity index (χ4v) is 4.31. The van der Waals surface area contributed by atoms with E-state index in [1.54, 1.807) is 6.21 Å². The molecule has 156 valence electrons. The average molecular weight is 404 g/mol. The molecule has 2 aromatic carbocycles. The number of aliphatic imine (C=N–C) groups is 1. The van der Waals surface area contributed by atoms with Crippen LogP contribution in [0, 0.1) is 0 Å². The van der Waals surface area contributed by atoms with Gasteiger partial charge >= 0.3 is 5.97 Å². The van der Waals surface area contributed by atoms with Crippen molar-refractivity contribution in [1.29, 1.82) is 0 Å². The van der Waals surface area contributed by atoms with E-state index in [4.69, 9.17) is 4.74 Å². The number of hydrogen-bond donors (Lipinski definition) is 1. The number of H-pyrrole nitrogens is 1. The van der Waals surface area contributed by atoms with Crippen molar-refractivity contribution in [3.8, 4) is 0 Å². The molecule has 0 aliphatic carbocycles. The normalized spacial score (nSPS) is 17.4. The molecule has 1 aliphatic heterocycles. The topological polar surface area (TPSA) is 57.7 Å². The van der Waals surface area contributed by atoms with Gasteiger partial charge in [-0.05, 0) is 30.2 Å². The number of aromatic amines is 1. The van der Waals surface area contributed by atoms with Gasteiger partial charge in [0.1, 0.15) is 5.92 Å². The predicted molar refractivity (Wildman–Crippen MR) is 123 cm³/mol. The summed E-state index contributed by atoms with van der Waals surface area (Å²) in [5.41, 5.74) is 5.31. The van der Waals surface area contributed by atoms with E-state index in [0.29, 0.717) is 13.2 Å². The van der Waals surface area contributed by atoms with E-state index in [0.717, 1.165) is 34.4 Å². The van der Waals surface area contributed by atoms with Crippen molar-refractivity contribution < 1.29 is 9.53 Å². The number of esters is 1. The number of nitrogens with zero attached hydrogens (tertiary/aromatic N) is 2. The zero-order chi connectivity index (χ0) is 21.3. The molecule has 1 aromatic heterocycles. The molecule has 0 saturated carbocycles. The third kappa shape index (κ3) is 3.72. The third-order valence-corrected chi connectivity index (χ3v) is 5.78. The summed E-state index contributed by atoms with van der Waals surface area (Å²) >= 11 is 0. The van der Waals surface area contributed by atoms with Crippen LogP contribution in [0.5, 0.6) is 0 Å². The lowest BCUT2D eigenvalue weighted by atomic mass is 9.81. The number of benzene rings is 2. The van der Waals surface area contributed by atoms with Gasteiger partial charge in [0.05, 0.1) is 6.61 Å². The summed E-state index contributed by atoms with van der Waals surface area (Å²) in [5, 5.41) is 1.15. The van der Waals surface area contributed by atoms with Crippen LogP contribution in [0.3, 0.4) is 0 Å². The third-order valence-electron chi connectivity index (χ3n) is 5.78. The monoisotopic (exact) mass is 403 g/mol. The molecule has 1 unspecified atom stereocenters. The fourth-order valence-electron chi connectivity index (χ4n) is 4.31. The molecule has 0 bridgehead atoms. The smallest absolute Gasteiger partial charge is 0.320 e. The highest BCUT2D eigenvalue weighted by Gasteiger charge is 2.35. The summed E-state index contributed by atoms with van der Waals surface area (Å²) in [6.07, 6.45) is 1.74. The molecule has 0 amide bonds. The van der Waals surface area contributed by atoms with Gasteiger partial charge in [-0.2, -0.15) is 0 Å². The van der Waals surface area contributed by atoms with E-state index in [1.165, 1.54) is 5.56 Å². The van der Waals surface area contributed by atoms with Crippen LogP contribution in [0.15, 0.2) is 53.5 Å². The maximum absolute atomic E-state index is 12.6. The zero-order valence-electron chi connectivity index (χ0n) is 18.1. The summed E-state index contributed by atoms with van der Waals surface area (Å²) in [4.78, 5) is 23.0. The number of nitrogens with one attached hydrogen (secondary N) is 1. The Bertz CT molecular complexity index is 1080. The molecular weight excluding hydrogens is 374 g/mol. The first-order valence-electron chi connectivity index (χ1n) is 10.5. The van der Waals surface area contributed by atoms with Crippen LogP contribution in [-0.2, 0) is 21.5 Å². The van der Waals surface area contributed by atoms with Crippen LogP contribution in [0.25, 0.3) is 10.9 Å². The summed E-state index contributed by atoms with van der Waals surface area (Å²) < 4.78 is 5.33. The maximum Gasteiger partial charge on any atom is 0.320 e. The molecule has 0 spiro atoms. The van der Waals surface area contributed by atoms with Gasteiger partial charge in [-0.1, -0.05) is 50.2 Å². The number of ether oxygens (including phenoxy) is 1. The minimum absolute atomic E-state index is 0.178. The lowest BCUT2D eigenvalue weighted by Gasteiger charge is -2.23. The van der Waals surface area contributed by atoms with Crippen LogP contribution in [0.4, 0.5) is 5.69 Å². The van der Waals surface area contributed by atoms with Crippen LogP contribution >= 0.6 is 0 Å². The Hall–Kier alpha value is -3.08. The minimum atomic E-state index is -0.500. The van der Waals surface area contributed by atoms with E-state index in [1.807, 2.05) is 13.0 Å². The quantitative estimate of drug-likeness (QED) is 0.622. The van der Waals surface area contributed by atoms with Crippen LogP contribution in [-0.4, -0.2) is 37.4 Å². The van der Waals surface area contributed by atoms with E-state index < -0.39 is 5.92 Å². The molecule has 5 nitrogen and oxygen atoms in total. The largest absolute Gasteiger partial charge is 0.465 e. The first-order valence-corrected chi connectivity index (χ1v) is 10.5. The Morgan fingerprint density at radius 3 is 2.73 bits per heavy atom. The number of anilines is 1. The number of aromatic nitrogens is 1. The van der Waals surface area contributed by atoms with Gasteiger partial charge in [-0.3, -0.25) is 9.79 Å². The van der Waals surface area contributed by atoms with Gasteiger partial charge in [0.2, 0.25) is 0 Å². The Morgan fingerprint density at radius 2 is 2.00 bits per heavy atom. The SMILES string of the molecule is CCOC(=O)C1C=NCC(C)(C)c2c1[nH]c1cc(N(C)Cc3ccccc3)ccc21. The number of rotatable bonds is 5. The average Bonchev–Trinajstić information content (AvgIpc) is 3.05. The number of hydrogen-bond acceptors (Lipinski definition) is 4. The molecule has 1 aliphatic rings. The van der Waals surface area contributed by atoms with Crippen molar-refractivity contribution in [2.45, 2.75) is 38.6 Å². The number of fused-ring (bicyclic) bond motifs is 3. The van der Waals surface area contributed by atoms with Gasteiger partial charge < -0.3 is 14.6 Å². The Balaban J connectivity index is 1.76. The second kappa shape index (κ2) is 7.98. The van der Waals surface area contributed by atoms with Crippen molar-refractivity contribution in [2.75, 3.05) is 25.1 Å². The van der Waals surface area contributed by atoms with Gasteiger partial charge in [0, 0.05) is 54.1 Å². The lowest BCUT2D eigenvalue weighted by molar-refractivity contribution is -0.143. The molecule has 0 radical (unpaired) electrons. The van der Waals surface area contributed by atoms with E-state index in [2.05, 4.69) is 78.2 Å². The lowest BCUT2D eigenvalue weighted by Crippen LogP contribution is -2.23. The van der Waals surface area contributed by atoms with Crippen LogP contribution in [0.2, 0.25) is 0 Å². The molecule has 1 N–H and O–H groups in total. The number of carbonyl (C=O) groups is 1. The molecule has 2 heterocycles. The van der Waals surface area contributed by atoms with Gasteiger partial charge in [0.25, 0.3) is 0 Å². The van der Waals surface area contributed by atoms with Crippen LogP contribution < -0.4 is 4.90 Å². The van der Waals surface area contributed by atoms with Crippen molar-refractivity contribution in [3.05, 3.63) is 65.4 Å². The van der Waals surface area contributed by atoms with E-state index >= 15 is 0 Å². The first kappa shape index (κ1) is 20.2. The van der Waals surface area contributed by atoms with Crippen LogP contribution in [0.1, 0.15) is 43.5 Å². The van der Waals surface area contributed by atoms with E-state index in [-0.39, 0.29) is 11.4 Å². The summed E-state index contributed by atoms with van der Waals surface area (Å²) in [5.74, 6) is -0.757. The number of carbonyl (C=O) groups excluding carboxylic acids is 1. The molecular formula is C25H29N3O2. The standard InChI is InChI=1S/C25H29N3O2/c1-5-30-24(29)20-14-26-16-25(2,3)22-19-12-11-18(13-21(19)27-23(20)22)28(4)15-17-9-7-6-8-10-17/h6-14,20,27H,5,15-16H2,1-4H3. The highest BCUT2D eigenvalue weighted by molar-refractivity contribution is 6.00. The second-order valence-corrected chi connectivity index (χ2v) is 8.59. The minimum Gasteiger partial charge on any atom is -0.465 e. The molecule has 4 rings (SSSR count). The zero-order valence-corrected chi connectivity index (χ0v) is 18.1. The van der Waals surface area contributed by atoms with Crippen molar-refractivity contribution >= 4 is 28.8 Å². The highest BCUT2D eigenvalue weighted by Crippen LogP contribution is 2.40. The molecule has 0 saturated heterocycles. The molecule has 1 atom stereocenters. The van der Waals surface area contributed by atoms with Crippen molar-refractivity contribution in [2.24, 2.45) is 4.99 Å². The summed E-state index contributed by atoms with van der Waals surface area (Å²) in [6, 6.07) is 16.9. The Morgan fingerprint density at radius 1 is 1.23 bits per heavy atom.